The van der Waals surface area contributed by atoms with Crippen LogP contribution in [-0.2, 0) is 4.79 Å². The topological polar surface area (TPSA) is 17.1 Å². The highest BCUT2D eigenvalue weighted by atomic mass is 16.1. The van der Waals surface area contributed by atoms with Crippen molar-refractivity contribution in [2.45, 2.75) is 19.8 Å². The summed E-state index contributed by atoms with van der Waals surface area (Å²) < 4.78 is 0. The Morgan fingerprint density at radius 2 is 2.25 bits per heavy atom. The van der Waals surface area contributed by atoms with Crippen molar-refractivity contribution >= 4 is 5.78 Å². The molecule has 0 saturated carbocycles. The lowest BCUT2D eigenvalue weighted by molar-refractivity contribution is -0.110. The van der Waals surface area contributed by atoms with Gasteiger partial charge >= 0.3 is 0 Å². The minimum Gasteiger partial charge on any atom is -0.290 e. The van der Waals surface area contributed by atoms with Crippen LogP contribution in [0, 0.1) is 5.41 Å². The molecular formula is C11H12O. The third kappa shape index (κ3) is 1.06. The molecule has 0 fully saturated rings. The largest absolute Gasteiger partial charge is 0.290 e. The smallest absolute Gasteiger partial charge is 0.178 e. The van der Waals surface area contributed by atoms with Crippen molar-refractivity contribution in [3.05, 3.63) is 36.0 Å². The van der Waals surface area contributed by atoms with E-state index in [2.05, 4.69) is 19.1 Å². The fourth-order valence-electron chi connectivity index (χ4n) is 1.81. The molecule has 0 heterocycles. The zero-order valence-corrected chi connectivity index (χ0v) is 7.21. The fraction of sp³-hybridized carbons (Fsp3) is 0.364. The molecule has 0 aromatic carbocycles. The van der Waals surface area contributed by atoms with Gasteiger partial charge in [0.1, 0.15) is 0 Å². The average Bonchev–Trinajstić information content (AvgIpc) is 2.06. The Kier molecular flexibility index (Phi) is 1.53. The quantitative estimate of drug-likeness (QED) is 0.497. The van der Waals surface area contributed by atoms with E-state index >= 15 is 0 Å². The van der Waals surface area contributed by atoms with E-state index in [-0.39, 0.29) is 11.2 Å². The Balaban J connectivity index is 2.45. The maximum Gasteiger partial charge on any atom is 0.178 e. The lowest BCUT2D eigenvalue weighted by Gasteiger charge is -2.30. The summed E-state index contributed by atoms with van der Waals surface area (Å²) in [5.41, 5.74) is 1.30. The van der Waals surface area contributed by atoms with Crippen molar-refractivity contribution in [3.8, 4) is 0 Å². The number of carbonyl (C=O) groups excluding carboxylic acids is 1. The first-order valence-electron chi connectivity index (χ1n) is 4.33. The van der Waals surface area contributed by atoms with E-state index in [9.17, 15) is 4.79 Å². The van der Waals surface area contributed by atoms with Crippen LogP contribution in [0.3, 0.4) is 0 Å². The van der Waals surface area contributed by atoms with Gasteiger partial charge in [-0.15, -0.1) is 0 Å². The molecule has 0 aliphatic heterocycles. The highest BCUT2D eigenvalue weighted by Crippen LogP contribution is 2.38. The molecule has 0 aromatic heterocycles. The molecule has 0 radical (unpaired) electrons. The van der Waals surface area contributed by atoms with Crippen LogP contribution >= 0.6 is 0 Å². The second-order valence-electron chi connectivity index (χ2n) is 3.63. The lowest BCUT2D eigenvalue weighted by atomic mass is 9.73. The molecule has 0 amide bonds. The second-order valence-corrected chi connectivity index (χ2v) is 3.63. The molecule has 0 N–H and O–H groups in total. The van der Waals surface area contributed by atoms with Gasteiger partial charge in [-0.2, -0.15) is 0 Å². The van der Waals surface area contributed by atoms with E-state index in [1.54, 1.807) is 12.2 Å². The van der Waals surface area contributed by atoms with Crippen LogP contribution in [0.5, 0.6) is 0 Å². The summed E-state index contributed by atoms with van der Waals surface area (Å²) in [5.74, 6) is 0.137. The fourth-order valence-corrected chi connectivity index (χ4v) is 1.81. The molecule has 12 heavy (non-hydrogen) atoms. The van der Waals surface area contributed by atoms with Crippen LogP contribution in [0.25, 0.3) is 0 Å². The first kappa shape index (κ1) is 7.53. The zero-order valence-electron chi connectivity index (χ0n) is 7.21. The number of ketones is 1. The van der Waals surface area contributed by atoms with Gasteiger partial charge in [0.15, 0.2) is 5.78 Å². The minimum atomic E-state index is 0.0339. The molecule has 0 saturated heterocycles. The van der Waals surface area contributed by atoms with Crippen LogP contribution in [0.15, 0.2) is 36.0 Å². The standard InChI is InChI=1S/C11H12O/c1-11-6-3-2-4-9(11)8-10(12)5-7-11/h3,5-8H,2,4H2,1H3/t11-/m0/s1. The molecule has 62 valence electrons. The summed E-state index contributed by atoms with van der Waals surface area (Å²) >= 11 is 0. The summed E-state index contributed by atoms with van der Waals surface area (Å²) in [5, 5.41) is 0. The average molecular weight is 160 g/mol. The molecule has 2 aliphatic rings. The van der Waals surface area contributed by atoms with Gasteiger partial charge in [-0.1, -0.05) is 23.8 Å². The first-order valence-corrected chi connectivity index (χ1v) is 4.33. The normalized spacial score (nSPS) is 33.1. The van der Waals surface area contributed by atoms with E-state index in [1.165, 1.54) is 5.57 Å². The number of hydrogen-bond donors (Lipinski definition) is 0. The molecule has 2 rings (SSSR count). The predicted molar refractivity (Wildman–Crippen MR) is 48.7 cm³/mol. The maximum absolute atomic E-state index is 11.1. The Hall–Kier alpha value is -1.11. The zero-order chi connectivity index (χ0) is 8.60. The lowest BCUT2D eigenvalue weighted by Crippen LogP contribution is -2.20. The Labute approximate surface area is 72.5 Å². The van der Waals surface area contributed by atoms with Crippen molar-refractivity contribution < 1.29 is 4.79 Å². The molecule has 0 bridgehead atoms. The van der Waals surface area contributed by atoms with Crippen molar-refractivity contribution in [3.63, 3.8) is 0 Å². The highest BCUT2D eigenvalue weighted by molar-refractivity contribution is 6.01. The molecule has 1 nitrogen and oxygen atoms in total. The van der Waals surface area contributed by atoms with Crippen LogP contribution < -0.4 is 0 Å². The summed E-state index contributed by atoms with van der Waals surface area (Å²) in [6.07, 6.45) is 11.9. The van der Waals surface area contributed by atoms with E-state index in [1.807, 2.05) is 6.08 Å². The summed E-state index contributed by atoms with van der Waals surface area (Å²) in [6, 6.07) is 0. The van der Waals surface area contributed by atoms with Crippen LogP contribution in [0.4, 0.5) is 0 Å². The monoisotopic (exact) mass is 160 g/mol. The minimum absolute atomic E-state index is 0.0339. The van der Waals surface area contributed by atoms with Gasteiger partial charge in [-0.05, 0) is 31.9 Å². The second kappa shape index (κ2) is 2.44. The van der Waals surface area contributed by atoms with Gasteiger partial charge in [0.05, 0.1) is 0 Å². The number of rotatable bonds is 0. The summed E-state index contributed by atoms with van der Waals surface area (Å²) in [4.78, 5) is 11.1. The Morgan fingerprint density at radius 1 is 1.42 bits per heavy atom. The predicted octanol–water partition coefficient (Wildman–Crippen LogP) is 2.41. The van der Waals surface area contributed by atoms with Crippen LogP contribution in [0.2, 0.25) is 0 Å². The van der Waals surface area contributed by atoms with Gasteiger partial charge in [0.25, 0.3) is 0 Å². The number of fused-ring (bicyclic) bond motifs is 1. The van der Waals surface area contributed by atoms with Gasteiger partial charge in [-0.3, -0.25) is 4.79 Å². The SMILES string of the molecule is C[C@@]12C=CCCC1=CC(=O)C=C2. The molecule has 1 atom stereocenters. The van der Waals surface area contributed by atoms with Crippen LogP contribution in [0.1, 0.15) is 19.8 Å². The molecule has 1 heteroatoms. The third-order valence-corrected chi connectivity index (χ3v) is 2.65. The van der Waals surface area contributed by atoms with E-state index < -0.39 is 0 Å². The molecule has 0 unspecified atom stereocenters. The number of allylic oxidation sites excluding steroid dienone is 6. The van der Waals surface area contributed by atoms with Crippen LogP contribution in [-0.4, -0.2) is 5.78 Å². The summed E-state index contributed by atoms with van der Waals surface area (Å²) in [7, 11) is 0. The van der Waals surface area contributed by atoms with E-state index in [0.717, 1.165) is 12.8 Å². The Bertz CT molecular complexity index is 307. The van der Waals surface area contributed by atoms with Crippen molar-refractivity contribution in [2.75, 3.05) is 0 Å². The molecule has 0 aromatic rings. The third-order valence-electron chi connectivity index (χ3n) is 2.65. The number of carbonyl (C=O) groups is 1. The van der Waals surface area contributed by atoms with Gasteiger partial charge in [0, 0.05) is 5.41 Å². The molecular weight excluding hydrogens is 148 g/mol. The van der Waals surface area contributed by atoms with Crippen molar-refractivity contribution in [1.82, 2.24) is 0 Å². The van der Waals surface area contributed by atoms with Gasteiger partial charge < -0.3 is 0 Å². The maximum atomic E-state index is 11.1. The molecule has 2 aliphatic carbocycles. The van der Waals surface area contributed by atoms with Crippen molar-refractivity contribution in [2.24, 2.45) is 5.41 Å². The summed E-state index contributed by atoms with van der Waals surface area (Å²) in [6.45, 7) is 2.15. The van der Waals surface area contributed by atoms with Crippen molar-refractivity contribution in [1.29, 1.82) is 0 Å². The highest BCUT2D eigenvalue weighted by Gasteiger charge is 2.27. The first-order chi connectivity index (χ1) is 5.71. The number of hydrogen-bond acceptors (Lipinski definition) is 1. The van der Waals surface area contributed by atoms with E-state index in [4.69, 9.17) is 0 Å². The Morgan fingerprint density at radius 3 is 3.08 bits per heavy atom. The van der Waals surface area contributed by atoms with E-state index in [0.29, 0.717) is 0 Å². The van der Waals surface area contributed by atoms with Gasteiger partial charge in [-0.25, -0.2) is 0 Å². The van der Waals surface area contributed by atoms with Gasteiger partial charge in [0.2, 0.25) is 0 Å². The molecule has 0 spiro atoms.